The normalized spacial score (nSPS) is 13.3. The molecular weight excluding hydrogens is 224 g/mol. The van der Waals surface area contributed by atoms with Crippen LogP contribution in [0.25, 0.3) is 0 Å². The van der Waals surface area contributed by atoms with Crippen LogP contribution in [0.3, 0.4) is 0 Å². The van der Waals surface area contributed by atoms with E-state index in [1.807, 2.05) is 19.9 Å². The van der Waals surface area contributed by atoms with Gasteiger partial charge in [0.15, 0.2) is 0 Å². The van der Waals surface area contributed by atoms with Crippen LogP contribution < -0.4 is 5.84 Å². The summed E-state index contributed by atoms with van der Waals surface area (Å²) in [6, 6.07) is 6.31. The Morgan fingerprint density at radius 1 is 1.33 bits per heavy atom. The molecule has 0 aliphatic carbocycles. The lowest BCUT2D eigenvalue weighted by Crippen LogP contribution is -2.36. The molecule has 0 saturated heterocycles. The summed E-state index contributed by atoms with van der Waals surface area (Å²) < 4.78 is 0. The summed E-state index contributed by atoms with van der Waals surface area (Å²) in [7, 11) is 1.58. The first-order valence-corrected chi connectivity index (χ1v) is 6.28. The first-order chi connectivity index (χ1) is 8.14. The van der Waals surface area contributed by atoms with Crippen molar-refractivity contribution in [2.45, 2.75) is 46.0 Å². The second kappa shape index (κ2) is 5.11. The Bertz CT molecular complexity index is 444. The topological polar surface area (TPSA) is 46.3 Å². The van der Waals surface area contributed by atoms with Gasteiger partial charge in [0.25, 0.3) is 0 Å². The molecule has 3 nitrogen and oxygen atoms in total. The van der Waals surface area contributed by atoms with Crippen LogP contribution >= 0.6 is 0 Å². The van der Waals surface area contributed by atoms with E-state index >= 15 is 0 Å². The fourth-order valence-corrected chi connectivity index (χ4v) is 2.07. The second-order valence-corrected chi connectivity index (χ2v) is 5.99. The van der Waals surface area contributed by atoms with Crippen molar-refractivity contribution in [1.82, 2.24) is 5.01 Å². The molecule has 0 aromatic heterocycles. The van der Waals surface area contributed by atoms with Gasteiger partial charge in [-0.15, -0.1) is 0 Å². The maximum absolute atomic E-state index is 11.9. The summed E-state index contributed by atoms with van der Waals surface area (Å²) in [5, 5.41) is 1.15. The van der Waals surface area contributed by atoms with Crippen molar-refractivity contribution in [1.29, 1.82) is 0 Å². The van der Waals surface area contributed by atoms with Gasteiger partial charge in [0.05, 0.1) is 5.92 Å². The van der Waals surface area contributed by atoms with Crippen molar-refractivity contribution in [2.75, 3.05) is 7.05 Å². The molecule has 1 unspecified atom stereocenters. The molecule has 2 N–H and O–H groups in total. The number of hydrazine groups is 1. The molecule has 1 amide bonds. The van der Waals surface area contributed by atoms with Crippen LogP contribution in [0.1, 0.15) is 50.3 Å². The fraction of sp³-hybridized carbons (Fsp3) is 0.533. The SMILES string of the molecule is Cc1cc(C(C)(C)C)ccc1C(C)C(=O)N(C)N. The van der Waals surface area contributed by atoms with Crippen LogP contribution in [0.4, 0.5) is 0 Å². The molecule has 0 saturated carbocycles. The maximum Gasteiger partial charge on any atom is 0.243 e. The standard InChI is InChI=1S/C15H24N2O/c1-10-9-12(15(3,4)5)7-8-13(10)11(2)14(18)17(6)16/h7-9,11H,16H2,1-6H3. The summed E-state index contributed by atoms with van der Waals surface area (Å²) in [6.45, 7) is 10.5. The van der Waals surface area contributed by atoms with Crippen LogP contribution in [0.2, 0.25) is 0 Å². The Kier molecular flexibility index (Phi) is 4.17. The van der Waals surface area contributed by atoms with Gasteiger partial charge in [0.2, 0.25) is 5.91 Å². The summed E-state index contributed by atoms with van der Waals surface area (Å²) >= 11 is 0. The lowest BCUT2D eigenvalue weighted by Gasteiger charge is -2.23. The van der Waals surface area contributed by atoms with E-state index in [4.69, 9.17) is 5.84 Å². The molecule has 1 aromatic carbocycles. The number of amides is 1. The fourth-order valence-electron chi connectivity index (χ4n) is 2.07. The molecule has 0 aliphatic heterocycles. The highest BCUT2D eigenvalue weighted by Crippen LogP contribution is 2.27. The van der Waals surface area contributed by atoms with Crippen molar-refractivity contribution >= 4 is 5.91 Å². The molecule has 100 valence electrons. The Labute approximate surface area is 110 Å². The number of hydrogen-bond acceptors (Lipinski definition) is 2. The predicted molar refractivity (Wildman–Crippen MR) is 75.3 cm³/mol. The number of aryl methyl sites for hydroxylation is 1. The third kappa shape index (κ3) is 3.10. The van der Waals surface area contributed by atoms with E-state index in [-0.39, 0.29) is 17.2 Å². The van der Waals surface area contributed by atoms with E-state index in [1.165, 1.54) is 5.56 Å². The summed E-state index contributed by atoms with van der Waals surface area (Å²) in [5.41, 5.74) is 3.60. The van der Waals surface area contributed by atoms with Crippen molar-refractivity contribution in [2.24, 2.45) is 5.84 Å². The summed E-state index contributed by atoms with van der Waals surface area (Å²) in [5.74, 6) is 5.24. The van der Waals surface area contributed by atoms with Crippen LogP contribution in [-0.2, 0) is 10.2 Å². The Morgan fingerprint density at radius 2 is 1.89 bits per heavy atom. The lowest BCUT2D eigenvalue weighted by molar-refractivity contribution is -0.131. The monoisotopic (exact) mass is 248 g/mol. The molecule has 0 fully saturated rings. The van der Waals surface area contributed by atoms with Crippen molar-refractivity contribution < 1.29 is 4.79 Å². The smallest absolute Gasteiger partial charge is 0.243 e. The van der Waals surface area contributed by atoms with Crippen molar-refractivity contribution in [3.8, 4) is 0 Å². The first kappa shape index (κ1) is 14.7. The van der Waals surface area contributed by atoms with Crippen LogP contribution in [0, 0.1) is 6.92 Å². The highest BCUT2D eigenvalue weighted by molar-refractivity contribution is 5.83. The highest BCUT2D eigenvalue weighted by atomic mass is 16.2. The molecule has 1 atom stereocenters. The molecule has 18 heavy (non-hydrogen) atoms. The molecule has 3 heteroatoms. The zero-order chi connectivity index (χ0) is 14.1. The average molecular weight is 248 g/mol. The van der Waals surface area contributed by atoms with Crippen molar-refractivity contribution in [3.63, 3.8) is 0 Å². The van der Waals surface area contributed by atoms with Gasteiger partial charge >= 0.3 is 0 Å². The minimum atomic E-state index is -0.200. The largest absolute Gasteiger partial charge is 0.283 e. The summed E-state index contributed by atoms with van der Waals surface area (Å²) in [6.07, 6.45) is 0. The van der Waals surface area contributed by atoms with E-state index in [1.54, 1.807) is 7.05 Å². The zero-order valence-corrected chi connectivity index (χ0v) is 12.2. The van der Waals surface area contributed by atoms with Crippen LogP contribution in [0.15, 0.2) is 18.2 Å². The summed E-state index contributed by atoms with van der Waals surface area (Å²) in [4.78, 5) is 11.9. The Morgan fingerprint density at radius 3 is 2.28 bits per heavy atom. The number of hydrogen-bond donors (Lipinski definition) is 1. The van der Waals surface area contributed by atoms with Crippen LogP contribution in [-0.4, -0.2) is 18.0 Å². The van der Waals surface area contributed by atoms with Crippen LogP contribution in [0.5, 0.6) is 0 Å². The molecule has 1 aromatic rings. The van der Waals surface area contributed by atoms with E-state index in [2.05, 4.69) is 32.9 Å². The number of carbonyl (C=O) groups is 1. The van der Waals surface area contributed by atoms with Gasteiger partial charge in [-0.2, -0.15) is 0 Å². The highest BCUT2D eigenvalue weighted by Gasteiger charge is 2.21. The zero-order valence-electron chi connectivity index (χ0n) is 12.2. The van der Waals surface area contributed by atoms with Gasteiger partial charge in [0, 0.05) is 7.05 Å². The molecule has 0 aliphatic rings. The maximum atomic E-state index is 11.9. The third-order valence-electron chi connectivity index (χ3n) is 3.32. The number of nitrogens with two attached hydrogens (primary N) is 1. The van der Waals surface area contributed by atoms with Crippen molar-refractivity contribution in [3.05, 3.63) is 34.9 Å². The van der Waals surface area contributed by atoms with Gasteiger partial charge in [0.1, 0.15) is 0 Å². The molecule has 0 spiro atoms. The predicted octanol–water partition coefficient (Wildman–Crippen LogP) is 2.73. The van der Waals surface area contributed by atoms with E-state index in [0.29, 0.717) is 0 Å². The Balaban J connectivity index is 3.10. The van der Waals surface area contributed by atoms with E-state index in [0.717, 1.165) is 16.1 Å². The number of benzene rings is 1. The minimum absolute atomic E-state index is 0.0680. The Hall–Kier alpha value is -1.35. The first-order valence-electron chi connectivity index (χ1n) is 6.28. The molecule has 0 heterocycles. The van der Waals surface area contributed by atoms with Gasteiger partial charge in [-0.3, -0.25) is 9.80 Å². The van der Waals surface area contributed by atoms with Gasteiger partial charge in [-0.1, -0.05) is 39.0 Å². The molecular formula is C15H24N2O. The number of carbonyl (C=O) groups excluding carboxylic acids is 1. The minimum Gasteiger partial charge on any atom is -0.283 e. The number of likely N-dealkylation sites (N-methyl/N-ethyl adjacent to an activating group) is 1. The molecule has 1 rings (SSSR count). The average Bonchev–Trinajstić information content (AvgIpc) is 2.25. The molecule has 0 radical (unpaired) electrons. The number of nitrogens with zero attached hydrogens (tertiary/aromatic N) is 1. The quantitative estimate of drug-likeness (QED) is 0.497. The number of rotatable bonds is 2. The van der Waals surface area contributed by atoms with E-state index in [9.17, 15) is 4.79 Å². The van der Waals surface area contributed by atoms with Gasteiger partial charge < -0.3 is 0 Å². The second-order valence-electron chi connectivity index (χ2n) is 5.99. The third-order valence-corrected chi connectivity index (χ3v) is 3.32. The van der Waals surface area contributed by atoms with Gasteiger partial charge in [-0.05, 0) is 36.0 Å². The lowest BCUT2D eigenvalue weighted by atomic mass is 9.84. The van der Waals surface area contributed by atoms with E-state index < -0.39 is 0 Å². The van der Waals surface area contributed by atoms with Gasteiger partial charge in [-0.25, -0.2) is 5.84 Å². The molecule has 0 bridgehead atoms.